The number of rotatable bonds is 2. The summed E-state index contributed by atoms with van der Waals surface area (Å²) in [7, 11) is 0. The van der Waals surface area contributed by atoms with Crippen molar-refractivity contribution in [2.45, 2.75) is 32.1 Å². The standard InChI is InChI=1S/C17H16BrN7OS/c1-17-6-13(22-25(17)8-12(18)7-19-17)16(26)23-3-4-24-14(9-23)20-21-15(24)11-2-5-27-10-11/h2,5,7-8,10H,3-4,6,9H2,1H3. The number of nitrogens with zero attached hydrogens (tertiary/aromatic N) is 7. The molecule has 27 heavy (non-hydrogen) atoms. The second kappa shape index (κ2) is 6.10. The van der Waals surface area contributed by atoms with Crippen LogP contribution in [0.5, 0.6) is 0 Å². The van der Waals surface area contributed by atoms with E-state index in [9.17, 15) is 4.79 Å². The molecule has 5 rings (SSSR count). The average molecular weight is 446 g/mol. The zero-order valence-electron chi connectivity index (χ0n) is 14.5. The molecule has 0 bridgehead atoms. The lowest BCUT2D eigenvalue weighted by atomic mass is 10.0. The van der Waals surface area contributed by atoms with Crippen LogP contribution in [0.4, 0.5) is 0 Å². The van der Waals surface area contributed by atoms with Crippen molar-refractivity contribution >= 4 is 45.1 Å². The van der Waals surface area contributed by atoms with E-state index >= 15 is 0 Å². The van der Waals surface area contributed by atoms with Crippen molar-refractivity contribution in [3.8, 4) is 11.4 Å². The first-order chi connectivity index (χ1) is 13.0. The molecule has 5 heterocycles. The third-order valence-electron chi connectivity index (χ3n) is 5.00. The van der Waals surface area contributed by atoms with Gasteiger partial charge in [-0.3, -0.25) is 9.79 Å². The minimum atomic E-state index is -0.524. The molecular weight excluding hydrogens is 430 g/mol. The topological polar surface area (TPSA) is 79.0 Å². The molecule has 0 aliphatic carbocycles. The number of carbonyl (C=O) groups excluding carboxylic acids is 1. The molecule has 138 valence electrons. The van der Waals surface area contributed by atoms with Gasteiger partial charge in [0.25, 0.3) is 5.91 Å². The number of hydrogen-bond acceptors (Lipinski definition) is 7. The summed E-state index contributed by atoms with van der Waals surface area (Å²) < 4.78 is 2.93. The summed E-state index contributed by atoms with van der Waals surface area (Å²) in [6, 6.07) is 2.04. The van der Waals surface area contributed by atoms with Gasteiger partial charge < -0.3 is 9.47 Å². The second-order valence-electron chi connectivity index (χ2n) is 6.89. The predicted molar refractivity (Wildman–Crippen MR) is 107 cm³/mol. The molecule has 2 aromatic rings. The fourth-order valence-corrected chi connectivity index (χ4v) is 4.46. The fourth-order valence-electron chi connectivity index (χ4n) is 3.53. The Kier molecular flexibility index (Phi) is 3.80. The molecule has 1 unspecified atom stereocenters. The first-order valence-corrected chi connectivity index (χ1v) is 10.3. The molecular formula is C17H16BrN7OS. The van der Waals surface area contributed by atoms with E-state index in [2.05, 4.69) is 46.2 Å². The Hall–Kier alpha value is -2.33. The lowest BCUT2D eigenvalue weighted by Gasteiger charge is -2.30. The summed E-state index contributed by atoms with van der Waals surface area (Å²) >= 11 is 5.04. The number of amides is 1. The summed E-state index contributed by atoms with van der Waals surface area (Å²) in [6.45, 7) is 3.70. The van der Waals surface area contributed by atoms with Crippen LogP contribution in [-0.4, -0.2) is 54.7 Å². The van der Waals surface area contributed by atoms with Crippen LogP contribution in [0, 0.1) is 0 Å². The highest BCUT2D eigenvalue weighted by atomic mass is 79.9. The van der Waals surface area contributed by atoms with E-state index in [4.69, 9.17) is 0 Å². The van der Waals surface area contributed by atoms with Gasteiger partial charge in [0.2, 0.25) is 0 Å². The van der Waals surface area contributed by atoms with Gasteiger partial charge in [-0.05, 0) is 34.3 Å². The smallest absolute Gasteiger partial charge is 0.270 e. The largest absolute Gasteiger partial charge is 0.328 e. The number of hydrazone groups is 1. The lowest BCUT2D eigenvalue weighted by Crippen LogP contribution is -2.42. The first kappa shape index (κ1) is 16.8. The quantitative estimate of drug-likeness (QED) is 0.710. The monoisotopic (exact) mass is 445 g/mol. The van der Waals surface area contributed by atoms with Gasteiger partial charge in [-0.1, -0.05) is 0 Å². The molecule has 0 saturated carbocycles. The van der Waals surface area contributed by atoms with Crippen molar-refractivity contribution in [3.63, 3.8) is 0 Å². The number of fused-ring (bicyclic) bond motifs is 2. The number of carbonyl (C=O) groups is 1. The molecule has 2 aromatic heterocycles. The normalized spacial score (nSPS) is 23.8. The van der Waals surface area contributed by atoms with Crippen LogP contribution in [-0.2, 0) is 17.9 Å². The lowest BCUT2D eigenvalue weighted by molar-refractivity contribution is -0.125. The molecule has 8 nitrogen and oxygen atoms in total. The number of halogens is 1. The van der Waals surface area contributed by atoms with Crippen LogP contribution >= 0.6 is 27.3 Å². The van der Waals surface area contributed by atoms with Crippen LogP contribution in [0.25, 0.3) is 11.4 Å². The zero-order chi connectivity index (χ0) is 18.6. The Morgan fingerprint density at radius 2 is 2.22 bits per heavy atom. The van der Waals surface area contributed by atoms with Crippen LogP contribution in [0.3, 0.4) is 0 Å². The van der Waals surface area contributed by atoms with E-state index in [1.807, 2.05) is 24.6 Å². The summed E-state index contributed by atoms with van der Waals surface area (Å²) in [5.41, 5.74) is 1.07. The minimum absolute atomic E-state index is 0.0586. The summed E-state index contributed by atoms with van der Waals surface area (Å²) in [5, 5.41) is 19.0. The van der Waals surface area contributed by atoms with Crippen LogP contribution < -0.4 is 0 Å². The second-order valence-corrected chi connectivity index (χ2v) is 8.58. The Labute approximate surface area is 168 Å². The van der Waals surface area contributed by atoms with E-state index < -0.39 is 5.66 Å². The highest BCUT2D eigenvalue weighted by Gasteiger charge is 2.42. The maximum absolute atomic E-state index is 13.0. The van der Waals surface area contributed by atoms with Gasteiger partial charge in [0, 0.05) is 42.9 Å². The molecule has 0 radical (unpaired) electrons. The molecule has 1 atom stereocenters. The number of aromatic nitrogens is 3. The van der Waals surface area contributed by atoms with Gasteiger partial charge in [0.15, 0.2) is 17.3 Å². The van der Waals surface area contributed by atoms with Crippen molar-refractivity contribution in [1.29, 1.82) is 0 Å². The van der Waals surface area contributed by atoms with Crippen LogP contribution in [0.15, 0.2) is 37.6 Å². The molecule has 0 N–H and O–H groups in total. The Morgan fingerprint density at radius 1 is 1.33 bits per heavy atom. The fraction of sp³-hybridized carbons (Fsp3) is 0.353. The molecule has 0 aromatic carbocycles. The van der Waals surface area contributed by atoms with Gasteiger partial charge in [-0.15, -0.1) is 10.2 Å². The summed E-state index contributed by atoms with van der Waals surface area (Å²) in [6.07, 6.45) is 4.10. The zero-order valence-corrected chi connectivity index (χ0v) is 16.9. The number of aliphatic imine (C=N–C) groups is 1. The summed E-state index contributed by atoms with van der Waals surface area (Å²) in [4.78, 5) is 19.4. The minimum Gasteiger partial charge on any atom is -0.328 e. The Balaban J connectivity index is 1.36. The molecule has 0 spiro atoms. The van der Waals surface area contributed by atoms with Gasteiger partial charge >= 0.3 is 0 Å². The van der Waals surface area contributed by atoms with E-state index in [0.29, 0.717) is 31.8 Å². The van der Waals surface area contributed by atoms with Crippen LogP contribution in [0.2, 0.25) is 0 Å². The highest BCUT2D eigenvalue weighted by molar-refractivity contribution is 9.12. The molecule has 10 heteroatoms. The molecule has 0 fully saturated rings. The van der Waals surface area contributed by atoms with Gasteiger partial charge in [0.05, 0.1) is 11.0 Å². The first-order valence-electron chi connectivity index (χ1n) is 8.57. The average Bonchev–Trinajstić information content (AvgIpc) is 3.38. The van der Waals surface area contributed by atoms with Crippen molar-refractivity contribution in [3.05, 3.63) is 33.3 Å². The molecule has 3 aliphatic rings. The predicted octanol–water partition coefficient (Wildman–Crippen LogP) is 2.45. The van der Waals surface area contributed by atoms with Gasteiger partial charge in [0.1, 0.15) is 5.71 Å². The van der Waals surface area contributed by atoms with Crippen molar-refractivity contribution in [2.24, 2.45) is 10.1 Å². The third kappa shape index (κ3) is 2.74. The number of thiophene rings is 1. The van der Waals surface area contributed by atoms with Gasteiger partial charge in [-0.25, -0.2) is 5.01 Å². The highest BCUT2D eigenvalue weighted by Crippen LogP contribution is 2.34. The third-order valence-corrected chi connectivity index (χ3v) is 6.10. The van der Waals surface area contributed by atoms with Crippen molar-refractivity contribution in [2.75, 3.05) is 6.54 Å². The van der Waals surface area contributed by atoms with E-state index in [0.717, 1.165) is 21.7 Å². The maximum atomic E-state index is 13.0. The SMILES string of the molecule is CC12CC(C(=O)N3CCn4c(nnc4-c4ccsc4)C3)=NN1C=C(Br)C=N2. The Bertz CT molecular complexity index is 1010. The maximum Gasteiger partial charge on any atom is 0.270 e. The number of hydrogen-bond donors (Lipinski definition) is 0. The van der Waals surface area contributed by atoms with Gasteiger partial charge in [-0.2, -0.15) is 16.4 Å². The Morgan fingerprint density at radius 3 is 3.04 bits per heavy atom. The van der Waals surface area contributed by atoms with E-state index in [1.54, 1.807) is 27.5 Å². The van der Waals surface area contributed by atoms with Crippen molar-refractivity contribution < 1.29 is 4.79 Å². The van der Waals surface area contributed by atoms with E-state index in [-0.39, 0.29) is 5.91 Å². The molecule has 3 aliphatic heterocycles. The molecule has 1 amide bonds. The van der Waals surface area contributed by atoms with Crippen LogP contribution in [0.1, 0.15) is 19.2 Å². The van der Waals surface area contributed by atoms with E-state index in [1.165, 1.54) is 0 Å². The molecule has 0 saturated heterocycles. The number of allylic oxidation sites excluding steroid dienone is 1. The summed E-state index contributed by atoms with van der Waals surface area (Å²) in [5.74, 6) is 1.61. The van der Waals surface area contributed by atoms with Crippen molar-refractivity contribution in [1.82, 2.24) is 24.7 Å².